The highest BCUT2D eigenvalue weighted by Gasteiger charge is 2.52. The van der Waals surface area contributed by atoms with E-state index in [1.165, 1.54) is 0 Å². The summed E-state index contributed by atoms with van der Waals surface area (Å²) in [5.41, 5.74) is 0. The molecule has 1 heterocycles. The molecule has 0 bridgehead atoms. The van der Waals surface area contributed by atoms with E-state index in [1.54, 1.807) is 0 Å². The van der Waals surface area contributed by atoms with Crippen molar-refractivity contribution in [2.24, 2.45) is 0 Å². The first kappa shape index (κ1) is 21.2. The molecule has 0 aliphatic carbocycles. The number of hydrogen-bond acceptors (Lipinski definition) is 6. The van der Waals surface area contributed by atoms with Crippen molar-refractivity contribution in [1.29, 1.82) is 5.26 Å². The van der Waals surface area contributed by atoms with Crippen molar-refractivity contribution in [3.63, 3.8) is 0 Å². The Labute approximate surface area is 145 Å². The van der Waals surface area contributed by atoms with E-state index < -0.39 is 34.2 Å². The van der Waals surface area contributed by atoms with Crippen molar-refractivity contribution in [2.45, 2.75) is 64.7 Å². The minimum absolute atomic E-state index is 0.434. The molecule has 6 nitrogen and oxygen atoms in total. The summed E-state index contributed by atoms with van der Waals surface area (Å²) in [7, 11) is -9.14. The molecule has 0 radical (unpaired) electrons. The lowest BCUT2D eigenvalue weighted by atomic mass is 10.5. The average Bonchev–Trinajstić information content (AvgIpc) is 2.27. The van der Waals surface area contributed by atoms with Crippen LogP contribution in [0.25, 0.3) is 0 Å². The van der Waals surface area contributed by atoms with Gasteiger partial charge < -0.3 is 21.2 Å². The first-order chi connectivity index (χ1) is 10.4. The number of rotatable bonds is 6. The molecule has 0 atom stereocenters. The first-order valence-electron chi connectivity index (χ1n) is 8.14. The summed E-state index contributed by atoms with van der Waals surface area (Å²) >= 11 is 0. The molecule has 1 fully saturated rings. The summed E-state index contributed by atoms with van der Waals surface area (Å²) in [6, 6.07) is 2.92. The summed E-state index contributed by atoms with van der Waals surface area (Å²) in [6.45, 7) is 15.6. The van der Waals surface area contributed by atoms with Gasteiger partial charge in [0.15, 0.2) is 0 Å². The summed E-state index contributed by atoms with van der Waals surface area (Å²) in [5, 5.41) is 8.50. The molecule has 0 aromatic rings. The smallest absolute Gasteiger partial charge is 0.317 e. The zero-order valence-electron chi connectivity index (χ0n) is 15.5. The van der Waals surface area contributed by atoms with Gasteiger partial charge in [0.05, 0.1) is 19.1 Å². The monoisotopic (exact) mass is 393 g/mol. The van der Waals surface area contributed by atoms with Crippen LogP contribution in [0.2, 0.25) is 51.9 Å². The lowest BCUT2D eigenvalue weighted by Gasteiger charge is -2.47. The molecule has 0 saturated carbocycles. The predicted octanol–water partition coefficient (Wildman–Crippen LogP) is 3.56. The highest BCUT2D eigenvalue weighted by molar-refractivity contribution is 6.93. The number of nitrogens with zero attached hydrogens (tertiary/aromatic N) is 1. The third-order valence-electron chi connectivity index (χ3n) is 3.18. The predicted molar refractivity (Wildman–Crippen MR) is 98.9 cm³/mol. The van der Waals surface area contributed by atoms with Crippen LogP contribution in [0, 0.1) is 11.3 Å². The molecule has 0 unspecified atom stereocenters. The maximum atomic E-state index is 8.50. The fraction of sp³-hybridized carbons (Fsp3) is 0.923. The molecule has 0 N–H and O–H groups in total. The molecule has 0 aromatic heterocycles. The molecule has 134 valence electrons. The molecule has 1 rings (SSSR count). The third kappa shape index (κ3) is 8.19. The van der Waals surface area contributed by atoms with Crippen molar-refractivity contribution in [1.82, 2.24) is 0 Å². The third-order valence-corrected chi connectivity index (χ3v) is 19.7. The van der Waals surface area contributed by atoms with E-state index in [0.717, 1.165) is 12.5 Å². The van der Waals surface area contributed by atoms with E-state index in [-0.39, 0.29) is 0 Å². The van der Waals surface area contributed by atoms with Crippen LogP contribution in [0.5, 0.6) is 0 Å². The van der Waals surface area contributed by atoms with E-state index in [0.29, 0.717) is 19.6 Å². The highest BCUT2D eigenvalue weighted by Crippen LogP contribution is 2.32. The van der Waals surface area contributed by atoms with Gasteiger partial charge in [-0.05, 0) is 58.3 Å². The van der Waals surface area contributed by atoms with Crippen molar-refractivity contribution in [3.05, 3.63) is 0 Å². The summed E-state index contributed by atoms with van der Waals surface area (Å²) in [4.78, 5) is 0. The fourth-order valence-corrected chi connectivity index (χ4v) is 24.7. The molecule has 1 aliphatic heterocycles. The molecule has 0 amide bonds. The Balaban J connectivity index is 2.69. The Morgan fingerprint density at radius 2 is 1.26 bits per heavy atom. The topological polar surface area (TPSA) is 69.9 Å². The molecule has 23 heavy (non-hydrogen) atoms. The van der Waals surface area contributed by atoms with Gasteiger partial charge in [0.25, 0.3) is 0 Å². The second kappa shape index (κ2) is 8.02. The van der Waals surface area contributed by atoms with Gasteiger partial charge >= 0.3 is 34.2 Å². The van der Waals surface area contributed by atoms with Gasteiger partial charge in [-0.2, -0.15) is 5.26 Å². The molecule has 1 saturated heterocycles. The quantitative estimate of drug-likeness (QED) is 0.507. The van der Waals surface area contributed by atoms with Gasteiger partial charge in [0.1, 0.15) is 0 Å². The standard InChI is InChI=1S/C13H31NO5Si4/c1-20(2)16-21(3,4)18-23(7,19-22(5,6)17-20)13-9-12-15-11-8-10-14/h8-9,11-13H2,1-7H3. The van der Waals surface area contributed by atoms with E-state index in [4.69, 9.17) is 26.5 Å². The van der Waals surface area contributed by atoms with Crippen LogP contribution in [0.4, 0.5) is 0 Å². The van der Waals surface area contributed by atoms with Crippen LogP contribution in [-0.4, -0.2) is 47.5 Å². The van der Waals surface area contributed by atoms with Gasteiger partial charge in [-0.3, -0.25) is 0 Å². The lowest BCUT2D eigenvalue weighted by molar-refractivity contribution is 0.137. The van der Waals surface area contributed by atoms with Gasteiger partial charge in [-0.1, -0.05) is 0 Å². The van der Waals surface area contributed by atoms with Gasteiger partial charge in [0, 0.05) is 6.61 Å². The number of ether oxygens (including phenoxy) is 1. The van der Waals surface area contributed by atoms with Crippen LogP contribution < -0.4 is 0 Å². The second-order valence-electron chi connectivity index (χ2n) is 7.37. The molecule has 1 aliphatic rings. The van der Waals surface area contributed by atoms with Crippen LogP contribution in [0.1, 0.15) is 12.8 Å². The maximum absolute atomic E-state index is 8.50. The number of hydrogen-bond donors (Lipinski definition) is 0. The van der Waals surface area contributed by atoms with Gasteiger partial charge in [-0.25, -0.2) is 0 Å². The zero-order chi connectivity index (χ0) is 17.8. The molecule has 0 aromatic carbocycles. The molecule has 10 heteroatoms. The van der Waals surface area contributed by atoms with Crippen LogP contribution >= 0.6 is 0 Å². The van der Waals surface area contributed by atoms with Crippen molar-refractivity contribution >= 4 is 34.2 Å². The zero-order valence-corrected chi connectivity index (χ0v) is 19.5. The van der Waals surface area contributed by atoms with Crippen LogP contribution in [0.3, 0.4) is 0 Å². The van der Waals surface area contributed by atoms with E-state index in [1.807, 2.05) is 0 Å². The Kier molecular flexibility index (Phi) is 7.40. The normalized spacial score (nSPS) is 25.1. The van der Waals surface area contributed by atoms with Crippen molar-refractivity contribution in [2.75, 3.05) is 13.2 Å². The Bertz CT molecular complexity index is 417. The van der Waals surface area contributed by atoms with Gasteiger partial charge in [-0.15, -0.1) is 0 Å². The SMILES string of the molecule is C[Si]1(C)O[Si](C)(C)O[Si](C)(CCCOCCC#N)O[Si](C)(C)O1. The molecule has 0 spiro atoms. The highest BCUT2D eigenvalue weighted by atomic mass is 28.5. The van der Waals surface area contributed by atoms with E-state index in [2.05, 4.69) is 51.9 Å². The first-order valence-corrected chi connectivity index (χ1v) is 19.1. The van der Waals surface area contributed by atoms with E-state index >= 15 is 0 Å². The summed E-state index contributed by atoms with van der Waals surface area (Å²) < 4.78 is 31.0. The summed E-state index contributed by atoms with van der Waals surface area (Å²) in [6.07, 6.45) is 1.30. The van der Waals surface area contributed by atoms with Crippen LogP contribution in [0.15, 0.2) is 0 Å². The van der Waals surface area contributed by atoms with Crippen molar-refractivity contribution < 1.29 is 21.2 Å². The minimum atomic E-state index is -2.37. The Morgan fingerprint density at radius 1 is 0.783 bits per heavy atom. The maximum Gasteiger partial charge on any atom is 0.317 e. The largest absolute Gasteiger partial charge is 0.416 e. The Hall–Kier alpha value is 0.158. The van der Waals surface area contributed by atoms with Crippen molar-refractivity contribution in [3.8, 4) is 6.07 Å². The average molecular weight is 394 g/mol. The second-order valence-corrected chi connectivity index (χ2v) is 21.8. The molecular formula is C13H31NO5Si4. The lowest BCUT2D eigenvalue weighted by Crippen LogP contribution is -2.65. The van der Waals surface area contributed by atoms with E-state index in [9.17, 15) is 0 Å². The summed E-state index contributed by atoms with van der Waals surface area (Å²) in [5.74, 6) is 0. The minimum Gasteiger partial charge on any atom is -0.416 e. The fourth-order valence-electron chi connectivity index (χ4n) is 3.12. The number of nitriles is 1. The Morgan fingerprint density at radius 3 is 1.74 bits per heavy atom. The molecular weight excluding hydrogens is 362 g/mol. The van der Waals surface area contributed by atoms with Gasteiger partial charge in [0.2, 0.25) is 0 Å². The van der Waals surface area contributed by atoms with Crippen LogP contribution in [-0.2, 0) is 21.2 Å².